The van der Waals surface area contributed by atoms with Gasteiger partial charge in [0.1, 0.15) is 5.76 Å². The fraction of sp³-hybridized carbons (Fsp3) is 0.231. The summed E-state index contributed by atoms with van der Waals surface area (Å²) in [5.41, 5.74) is 1.96. The van der Waals surface area contributed by atoms with Crippen molar-refractivity contribution < 1.29 is 14.4 Å². The Balaban J connectivity index is 2.03. The van der Waals surface area contributed by atoms with Gasteiger partial charge in [-0.3, -0.25) is 4.79 Å². The highest BCUT2D eigenvalue weighted by Gasteiger charge is 2.10. The van der Waals surface area contributed by atoms with Gasteiger partial charge in [0, 0.05) is 18.4 Å². The second-order valence-electron chi connectivity index (χ2n) is 3.95. The van der Waals surface area contributed by atoms with E-state index in [9.17, 15) is 4.79 Å². The number of anilines is 1. The normalized spacial score (nSPS) is 10.3. The van der Waals surface area contributed by atoms with Crippen LogP contribution in [0.25, 0.3) is 0 Å². The highest BCUT2D eigenvalue weighted by atomic mass is 16.5. The number of amides is 1. The number of benzene rings is 1. The molecule has 5 heteroatoms. The Bertz CT molecular complexity index is 531. The molecule has 1 heterocycles. The van der Waals surface area contributed by atoms with Crippen LogP contribution in [0.5, 0.6) is 0 Å². The lowest BCUT2D eigenvalue weighted by atomic mass is 10.1. The molecule has 5 nitrogen and oxygen atoms in total. The van der Waals surface area contributed by atoms with E-state index in [1.807, 2.05) is 12.1 Å². The number of aryl methyl sites for hydroxylation is 1. The Morgan fingerprint density at radius 2 is 2.11 bits per heavy atom. The second kappa shape index (κ2) is 5.46. The first-order valence-corrected chi connectivity index (χ1v) is 5.63. The number of hydrogen-bond donors (Lipinski definition) is 2. The molecule has 0 fully saturated rings. The van der Waals surface area contributed by atoms with E-state index in [4.69, 9.17) is 9.63 Å². The summed E-state index contributed by atoms with van der Waals surface area (Å²) in [7, 11) is 0. The summed E-state index contributed by atoms with van der Waals surface area (Å²) in [5, 5.41) is 15.2. The molecule has 2 aromatic rings. The number of aliphatic hydroxyl groups excluding tert-OH is 1. The zero-order valence-corrected chi connectivity index (χ0v) is 10.0. The molecule has 1 aromatic carbocycles. The molecule has 0 bridgehead atoms. The van der Waals surface area contributed by atoms with Gasteiger partial charge in [-0.1, -0.05) is 17.3 Å². The quantitative estimate of drug-likeness (QED) is 0.862. The first-order chi connectivity index (χ1) is 8.69. The van der Waals surface area contributed by atoms with Crippen molar-refractivity contribution in [2.24, 2.45) is 0 Å². The molecule has 0 aliphatic heterocycles. The minimum atomic E-state index is -0.304. The number of aliphatic hydroxyl groups is 1. The molecular weight excluding hydrogens is 232 g/mol. The van der Waals surface area contributed by atoms with Crippen molar-refractivity contribution in [3.63, 3.8) is 0 Å². The van der Waals surface area contributed by atoms with Crippen LogP contribution in [-0.4, -0.2) is 22.8 Å². The maximum absolute atomic E-state index is 11.8. The van der Waals surface area contributed by atoms with Crippen LogP contribution >= 0.6 is 0 Å². The summed E-state index contributed by atoms with van der Waals surface area (Å²) in [6.07, 6.45) is 0.608. The third-order valence-electron chi connectivity index (χ3n) is 2.47. The number of carbonyl (C=O) groups is 1. The molecule has 94 valence electrons. The molecule has 0 saturated heterocycles. The molecule has 1 aromatic heterocycles. The molecule has 0 atom stereocenters. The van der Waals surface area contributed by atoms with Crippen LogP contribution in [0.3, 0.4) is 0 Å². The largest absolute Gasteiger partial charge is 0.396 e. The summed E-state index contributed by atoms with van der Waals surface area (Å²) in [5.74, 6) is 0.292. The number of hydrogen-bond acceptors (Lipinski definition) is 4. The summed E-state index contributed by atoms with van der Waals surface area (Å²) in [4.78, 5) is 11.8. The predicted molar refractivity (Wildman–Crippen MR) is 66.4 cm³/mol. The van der Waals surface area contributed by atoms with Crippen molar-refractivity contribution in [3.05, 3.63) is 47.3 Å². The van der Waals surface area contributed by atoms with Crippen LogP contribution < -0.4 is 5.32 Å². The maximum atomic E-state index is 11.8. The van der Waals surface area contributed by atoms with E-state index in [1.54, 1.807) is 25.1 Å². The van der Waals surface area contributed by atoms with Crippen molar-refractivity contribution in [2.75, 3.05) is 11.9 Å². The van der Waals surface area contributed by atoms with Crippen LogP contribution in [0.1, 0.15) is 21.8 Å². The lowest BCUT2D eigenvalue weighted by Gasteiger charge is -2.04. The molecule has 1 amide bonds. The molecule has 2 N–H and O–H groups in total. The second-order valence-corrected chi connectivity index (χ2v) is 3.95. The molecule has 18 heavy (non-hydrogen) atoms. The van der Waals surface area contributed by atoms with Gasteiger partial charge < -0.3 is 14.9 Å². The smallest absolute Gasteiger partial charge is 0.277 e. The first kappa shape index (κ1) is 12.3. The standard InChI is InChI=1S/C13H14N2O3/c1-9-8-12(15-18-9)13(17)14-11-4-2-10(3-5-11)6-7-16/h2-5,8,16H,6-7H2,1H3,(H,14,17). The van der Waals surface area contributed by atoms with Gasteiger partial charge >= 0.3 is 0 Å². The van der Waals surface area contributed by atoms with Gasteiger partial charge in [0.25, 0.3) is 5.91 Å². The van der Waals surface area contributed by atoms with Crippen molar-refractivity contribution in [1.29, 1.82) is 0 Å². The monoisotopic (exact) mass is 246 g/mol. The van der Waals surface area contributed by atoms with Gasteiger partial charge in [-0.2, -0.15) is 0 Å². The van der Waals surface area contributed by atoms with Crippen LogP contribution in [-0.2, 0) is 6.42 Å². The number of rotatable bonds is 4. The Morgan fingerprint density at radius 3 is 2.67 bits per heavy atom. The van der Waals surface area contributed by atoms with Gasteiger partial charge in [0.2, 0.25) is 0 Å². The van der Waals surface area contributed by atoms with Crippen LogP contribution in [0.15, 0.2) is 34.9 Å². The number of nitrogens with one attached hydrogen (secondary N) is 1. The van der Waals surface area contributed by atoms with E-state index < -0.39 is 0 Å². The molecule has 0 aliphatic carbocycles. The summed E-state index contributed by atoms with van der Waals surface area (Å²) < 4.78 is 4.84. The van der Waals surface area contributed by atoms with Crippen LogP contribution in [0.4, 0.5) is 5.69 Å². The highest BCUT2D eigenvalue weighted by Crippen LogP contribution is 2.11. The Labute approximate surface area is 104 Å². The molecule has 0 radical (unpaired) electrons. The highest BCUT2D eigenvalue weighted by molar-refractivity contribution is 6.02. The van der Waals surface area contributed by atoms with E-state index in [1.165, 1.54) is 0 Å². The van der Waals surface area contributed by atoms with Crippen LogP contribution in [0.2, 0.25) is 0 Å². The number of carbonyl (C=O) groups excluding carboxylic acids is 1. The minimum absolute atomic E-state index is 0.115. The summed E-state index contributed by atoms with van der Waals surface area (Å²) >= 11 is 0. The van der Waals surface area contributed by atoms with Gasteiger partial charge in [0.15, 0.2) is 5.69 Å². The van der Waals surface area contributed by atoms with E-state index >= 15 is 0 Å². The molecule has 2 rings (SSSR count). The summed E-state index contributed by atoms with van der Waals surface area (Å²) in [6.45, 7) is 1.84. The average Bonchev–Trinajstić information content (AvgIpc) is 2.79. The molecular formula is C13H14N2O3. The third-order valence-corrected chi connectivity index (χ3v) is 2.47. The topological polar surface area (TPSA) is 75.4 Å². The van der Waals surface area contributed by atoms with Crippen molar-refractivity contribution in [2.45, 2.75) is 13.3 Å². The van der Waals surface area contributed by atoms with Gasteiger partial charge in [-0.05, 0) is 31.0 Å². The molecule has 0 spiro atoms. The van der Waals surface area contributed by atoms with Crippen molar-refractivity contribution >= 4 is 11.6 Å². The molecule has 0 saturated carbocycles. The summed E-state index contributed by atoms with van der Waals surface area (Å²) in [6, 6.07) is 8.88. The van der Waals surface area contributed by atoms with E-state index in [0.717, 1.165) is 5.56 Å². The lowest BCUT2D eigenvalue weighted by Crippen LogP contribution is -2.12. The van der Waals surface area contributed by atoms with Crippen LogP contribution in [0, 0.1) is 6.92 Å². The SMILES string of the molecule is Cc1cc(C(=O)Nc2ccc(CCO)cc2)no1. The Hall–Kier alpha value is -2.14. The zero-order valence-electron chi connectivity index (χ0n) is 10.0. The zero-order chi connectivity index (χ0) is 13.0. The lowest BCUT2D eigenvalue weighted by molar-refractivity contribution is 0.101. The first-order valence-electron chi connectivity index (χ1n) is 5.63. The van der Waals surface area contributed by atoms with Crippen molar-refractivity contribution in [1.82, 2.24) is 5.16 Å². The average molecular weight is 246 g/mol. The van der Waals surface area contributed by atoms with Crippen molar-refractivity contribution in [3.8, 4) is 0 Å². The van der Waals surface area contributed by atoms with Gasteiger partial charge in [-0.15, -0.1) is 0 Å². The Morgan fingerprint density at radius 1 is 1.39 bits per heavy atom. The van der Waals surface area contributed by atoms with Gasteiger partial charge in [-0.25, -0.2) is 0 Å². The number of nitrogens with zero attached hydrogens (tertiary/aromatic N) is 1. The third kappa shape index (κ3) is 2.95. The molecule has 0 aliphatic rings. The fourth-order valence-electron chi connectivity index (χ4n) is 1.55. The Kier molecular flexibility index (Phi) is 3.74. The van der Waals surface area contributed by atoms with E-state index in [2.05, 4.69) is 10.5 Å². The van der Waals surface area contributed by atoms with E-state index in [0.29, 0.717) is 17.9 Å². The fourth-order valence-corrected chi connectivity index (χ4v) is 1.55. The molecule has 0 unspecified atom stereocenters. The maximum Gasteiger partial charge on any atom is 0.277 e. The predicted octanol–water partition coefficient (Wildman–Crippen LogP) is 1.77. The van der Waals surface area contributed by atoms with Gasteiger partial charge in [0.05, 0.1) is 0 Å². The van der Waals surface area contributed by atoms with E-state index in [-0.39, 0.29) is 18.2 Å². The minimum Gasteiger partial charge on any atom is -0.396 e. The number of aromatic nitrogens is 1.